The molecule has 23 heavy (non-hydrogen) atoms. The van der Waals surface area contributed by atoms with Gasteiger partial charge in [0.05, 0.1) is 0 Å². The number of hydrogen-bond acceptors (Lipinski definition) is 3. The lowest BCUT2D eigenvalue weighted by molar-refractivity contribution is -0.148. The van der Waals surface area contributed by atoms with Crippen LogP contribution in [0.1, 0.15) is 64.2 Å². The summed E-state index contributed by atoms with van der Waals surface area (Å²) in [4.78, 5) is 37.0. The van der Waals surface area contributed by atoms with Crippen LogP contribution in [0.4, 0.5) is 0 Å². The number of rotatable bonds is 5. The van der Waals surface area contributed by atoms with Crippen molar-refractivity contribution in [2.24, 2.45) is 17.8 Å². The largest absolute Gasteiger partial charge is 0.354 e. The van der Waals surface area contributed by atoms with Crippen molar-refractivity contribution in [1.82, 2.24) is 10.2 Å². The molecule has 2 aliphatic carbocycles. The minimum absolute atomic E-state index is 0.100. The second-order valence-corrected chi connectivity index (χ2v) is 7.39. The van der Waals surface area contributed by atoms with Crippen molar-refractivity contribution in [3.63, 3.8) is 0 Å². The van der Waals surface area contributed by atoms with Crippen LogP contribution in [0, 0.1) is 17.8 Å². The zero-order valence-corrected chi connectivity index (χ0v) is 13.9. The maximum absolute atomic E-state index is 12.3. The van der Waals surface area contributed by atoms with Gasteiger partial charge in [-0.25, -0.2) is 0 Å². The van der Waals surface area contributed by atoms with Gasteiger partial charge < -0.3 is 5.32 Å². The van der Waals surface area contributed by atoms with Crippen LogP contribution in [0.15, 0.2) is 0 Å². The first kappa shape index (κ1) is 16.5. The van der Waals surface area contributed by atoms with Crippen molar-refractivity contribution >= 4 is 17.7 Å². The van der Waals surface area contributed by atoms with Crippen molar-refractivity contribution in [2.75, 3.05) is 13.1 Å². The van der Waals surface area contributed by atoms with Gasteiger partial charge in [0.25, 0.3) is 0 Å². The third-order valence-corrected chi connectivity index (χ3v) is 5.98. The molecule has 0 spiro atoms. The number of amides is 3. The molecule has 128 valence electrons. The van der Waals surface area contributed by atoms with Crippen molar-refractivity contribution in [3.05, 3.63) is 0 Å². The van der Waals surface area contributed by atoms with Crippen LogP contribution < -0.4 is 5.32 Å². The van der Waals surface area contributed by atoms with Crippen LogP contribution in [-0.2, 0) is 14.4 Å². The molecule has 1 heterocycles. The van der Waals surface area contributed by atoms with Crippen molar-refractivity contribution < 1.29 is 14.4 Å². The monoisotopic (exact) mass is 320 g/mol. The van der Waals surface area contributed by atoms with Gasteiger partial charge >= 0.3 is 0 Å². The molecule has 5 nitrogen and oxygen atoms in total. The van der Waals surface area contributed by atoms with Crippen LogP contribution in [0.3, 0.4) is 0 Å². The van der Waals surface area contributed by atoms with E-state index in [0.29, 0.717) is 32.4 Å². The standard InChI is InChI=1S/C18H28N2O3/c21-16-5-2-6-17(22)20(16)12-11-19-18(23)15-9-7-14(8-10-15)13-3-1-4-13/h13-15H,1-12H2,(H,19,23). The van der Waals surface area contributed by atoms with Gasteiger partial charge in [0.15, 0.2) is 0 Å². The van der Waals surface area contributed by atoms with E-state index in [4.69, 9.17) is 0 Å². The lowest BCUT2D eigenvalue weighted by atomic mass is 9.68. The third kappa shape index (κ3) is 3.93. The zero-order valence-electron chi connectivity index (χ0n) is 13.9. The summed E-state index contributed by atoms with van der Waals surface area (Å²) in [5.74, 6) is 1.80. The summed E-state index contributed by atoms with van der Waals surface area (Å²) < 4.78 is 0. The maximum Gasteiger partial charge on any atom is 0.229 e. The Balaban J connectivity index is 1.36. The van der Waals surface area contributed by atoms with Gasteiger partial charge in [-0.05, 0) is 43.9 Å². The van der Waals surface area contributed by atoms with E-state index >= 15 is 0 Å². The minimum Gasteiger partial charge on any atom is -0.354 e. The summed E-state index contributed by atoms with van der Waals surface area (Å²) in [5, 5.41) is 2.93. The molecular weight excluding hydrogens is 292 g/mol. The Morgan fingerprint density at radius 3 is 2.09 bits per heavy atom. The highest BCUT2D eigenvalue weighted by Crippen LogP contribution is 2.42. The number of nitrogens with zero attached hydrogens (tertiary/aromatic N) is 1. The number of nitrogens with one attached hydrogen (secondary N) is 1. The van der Waals surface area contributed by atoms with E-state index in [1.54, 1.807) is 0 Å². The normalized spacial score (nSPS) is 29.3. The molecule has 0 bridgehead atoms. The number of hydrogen-bond donors (Lipinski definition) is 1. The minimum atomic E-state index is -0.100. The number of carbonyl (C=O) groups excluding carboxylic acids is 3. The quantitative estimate of drug-likeness (QED) is 0.790. The Morgan fingerprint density at radius 1 is 0.913 bits per heavy atom. The SMILES string of the molecule is O=C(NCCN1C(=O)CCCC1=O)C1CCC(C2CCC2)CC1. The fraction of sp³-hybridized carbons (Fsp3) is 0.833. The van der Waals surface area contributed by atoms with Crippen molar-refractivity contribution in [2.45, 2.75) is 64.2 Å². The molecule has 5 heteroatoms. The maximum atomic E-state index is 12.3. The van der Waals surface area contributed by atoms with E-state index in [2.05, 4.69) is 5.32 Å². The summed E-state index contributed by atoms with van der Waals surface area (Å²) in [5.41, 5.74) is 0. The Labute approximate surface area is 138 Å². The highest BCUT2D eigenvalue weighted by molar-refractivity contribution is 5.97. The van der Waals surface area contributed by atoms with Gasteiger partial charge in [0.2, 0.25) is 17.7 Å². The number of likely N-dealkylation sites (tertiary alicyclic amines) is 1. The molecule has 3 aliphatic rings. The molecule has 0 radical (unpaired) electrons. The summed E-state index contributed by atoms with van der Waals surface area (Å²) >= 11 is 0. The van der Waals surface area contributed by atoms with E-state index in [1.807, 2.05) is 0 Å². The van der Waals surface area contributed by atoms with Gasteiger partial charge in [0, 0.05) is 31.8 Å². The molecule has 1 aliphatic heterocycles. The summed E-state index contributed by atoms with van der Waals surface area (Å²) in [7, 11) is 0. The zero-order chi connectivity index (χ0) is 16.2. The van der Waals surface area contributed by atoms with Gasteiger partial charge in [-0.3, -0.25) is 19.3 Å². The molecule has 3 amide bonds. The highest BCUT2D eigenvalue weighted by atomic mass is 16.2. The van der Waals surface area contributed by atoms with Gasteiger partial charge in [-0.1, -0.05) is 19.3 Å². The van der Waals surface area contributed by atoms with Crippen LogP contribution in [-0.4, -0.2) is 35.7 Å². The molecule has 1 N–H and O–H groups in total. The Morgan fingerprint density at radius 2 is 1.52 bits per heavy atom. The highest BCUT2D eigenvalue weighted by Gasteiger charge is 2.33. The van der Waals surface area contributed by atoms with Crippen LogP contribution in [0.5, 0.6) is 0 Å². The molecule has 0 aromatic heterocycles. The molecule has 0 aromatic carbocycles. The van der Waals surface area contributed by atoms with E-state index in [9.17, 15) is 14.4 Å². The topological polar surface area (TPSA) is 66.5 Å². The molecule has 3 fully saturated rings. The Hall–Kier alpha value is -1.39. The number of piperidine rings is 1. The Kier molecular flexibility index (Phi) is 5.34. The summed E-state index contributed by atoms with van der Waals surface area (Å²) in [6, 6.07) is 0. The fourth-order valence-electron chi connectivity index (χ4n) is 4.25. The number of imide groups is 1. The van der Waals surface area contributed by atoms with Crippen molar-refractivity contribution in [3.8, 4) is 0 Å². The molecular formula is C18H28N2O3. The molecule has 0 aromatic rings. The van der Waals surface area contributed by atoms with E-state index < -0.39 is 0 Å². The first-order chi connectivity index (χ1) is 11.1. The van der Waals surface area contributed by atoms with E-state index in [-0.39, 0.29) is 23.6 Å². The lowest BCUT2D eigenvalue weighted by Crippen LogP contribution is -2.45. The second-order valence-electron chi connectivity index (χ2n) is 7.39. The van der Waals surface area contributed by atoms with Crippen molar-refractivity contribution in [1.29, 1.82) is 0 Å². The van der Waals surface area contributed by atoms with Crippen LogP contribution in [0.25, 0.3) is 0 Å². The van der Waals surface area contributed by atoms with Gasteiger partial charge in [0.1, 0.15) is 0 Å². The average Bonchev–Trinajstić information content (AvgIpc) is 2.49. The molecule has 0 atom stereocenters. The Bertz CT molecular complexity index is 449. The van der Waals surface area contributed by atoms with E-state index in [0.717, 1.165) is 24.7 Å². The molecule has 2 saturated carbocycles. The van der Waals surface area contributed by atoms with Gasteiger partial charge in [-0.15, -0.1) is 0 Å². The molecule has 0 unspecified atom stereocenters. The molecule has 1 saturated heterocycles. The van der Waals surface area contributed by atoms with Crippen LogP contribution in [0.2, 0.25) is 0 Å². The summed E-state index contributed by atoms with van der Waals surface area (Å²) in [6.45, 7) is 0.708. The second kappa shape index (κ2) is 7.45. The summed E-state index contributed by atoms with van der Waals surface area (Å²) in [6.07, 6.45) is 10.1. The van der Waals surface area contributed by atoms with Gasteiger partial charge in [-0.2, -0.15) is 0 Å². The lowest BCUT2D eigenvalue weighted by Gasteiger charge is -2.38. The smallest absolute Gasteiger partial charge is 0.229 e. The third-order valence-electron chi connectivity index (χ3n) is 5.98. The first-order valence-corrected chi connectivity index (χ1v) is 9.26. The van der Waals surface area contributed by atoms with Crippen LogP contribution >= 0.6 is 0 Å². The predicted octanol–water partition coefficient (Wildman–Crippen LogP) is 2.25. The first-order valence-electron chi connectivity index (χ1n) is 9.26. The average molecular weight is 320 g/mol. The van der Waals surface area contributed by atoms with E-state index in [1.165, 1.54) is 37.0 Å². The predicted molar refractivity (Wildman–Crippen MR) is 86.4 cm³/mol. The fourth-order valence-corrected chi connectivity index (χ4v) is 4.25. The molecule has 3 rings (SSSR count). The number of carbonyl (C=O) groups is 3.